The van der Waals surface area contributed by atoms with Crippen LogP contribution >= 0.6 is 35.7 Å². The predicted octanol–water partition coefficient (Wildman–Crippen LogP) is 2.77. The van der Waals surface area contributed by atoms with E-state index < -0.39 is 0 Å². The van der Waals surface area contributed by atoms with Gasteiger partial charge in [0.05, 0.1) is 31.0 Å². The molecule has 1 aromatic heterocycles. The molecular weight excluding hydrogens is 511 g/mol. The number of thioether (sulfide) groups is 1. The van der Waals surface area contributed by atoms with Crippen LogP contribution in [-0.4, -0.2) is 89.0 Å². The lowest BCUT2D eigenvalue weighted by atomic mass is 9.96. The second-order valence-electron chi connectivity index (χ2n) is 8.52. The average molecular weight is 551 g/mol. The third-order valence-corrected chi connectivity index (χ3v) is 7.11. The minimum atomic E-state index is 0. The first-order valence-electron chi connectivity index (χ1n) is 10.9. The maximum absolute atomic E-state index is 5.59. The van der Waals surface area contributed by atoms with Gasteiger partial charge < -0.3 is 15.0 Å². The molecule has 3 rings (SSSR count). The van der Waals surface area contributed by atoms with Crippen molar-refractivity contribution in [1.82, 2.24) is 24.9 Å². The Balaban J connectivity index is 0.00000320. The van der Waals surface area contributed by atoms with E-state index in [1.165, 1.54) is 29.2 Å². The zero-order valence-corrected chi connectivity index (χ0v) is 22.3. The van der Waals surface area contributed by atoms with Gasteiger partial charge in [-0.05, 0) is 25.0 Å². The number of halogens is 1. The summed E-state index contributed by atoms with van der Waals surface area (Å²) in [5, 5.41) is 8.16. The number of aliphatic imine (C=N–C) groups is 1. The highest BCUT2D eigenvalue weighted by molar-refractivity contribution is 14.0. The van der Waals surface area contributed by atoms with E-state index in [0.717, 1.165) is 51.9 Å². The lowest BCUT2D eigenvalue weighted by molar-refractivity contribution is -0.0105. The molecule has 0 aliphatic carbocycles. The number of morpholine rings is 1. The van der Waals surface area contributed by atoms with Crippen LogP contribution in [0.3, 0.4) is 0 Å². The van der Waals surface area contributed by atoms with E-state index in [4.69, 9.17) is 9.73 Å². The summed E-state index contributed by atoms with van der Waals surface area (Å²) in [5.41, 5.74) is 2.62. The van der Waals surface area contributed by atoms with Crippen molar-refractivity contribution < 1.29 is 4.74 Å². The van der Waals surface area contributed by atoms with Crippen LogP contribution in [0.2, 0.25) is 0 Å². The molecule has 1 atom stereocenters. The van der Waals surface area contributed by atoms with E-state index in [1.807, 2.05) is 11.7 Å². The molecule has 2 aliphatic rings. The van der Waals surface area contributed by atoms with Gasteiger partial charge in [0.2, 0.25) is 0 Å². The fourth-order valence-corrected chi connectivity index (χ4v) is 5.76. The van der Waals surface area contributed by atoms with Crippen molar-refractivity contribution in [2.45, 2.75) is 45.2 Å². The minimum absolute atomic E-state index is 0. The molecule has 0 spiro atoms. The first-order chi connectivity index (χ1) is 13.9. The fourth-order valence-electron chi connectivity index (χ4n) is 4.29. The van der Waals surface area contributed by atoms with E-state index in [0.29, 0.717) is 5.92 Å². The lowest BCUT2D eigenvalue weighted by Gasteiger charge is -2.42. The Bertz CT molecular complexity index is 683. The Morgan fingerprint density at radius 3 is 2.73 bits per heavy atom. The maximum Gasteiger partial charge on any atom is 0.194 e. The number of aryl methyl sites for hydroxylation is 1. The number of nitrogens with one attached hydrogen (secondary N) is 1. The zero-order chi connectivity index (χ0) is 20.9. The summed E-state index contributed by atoms with van der Waals surface area (Å²) in [5.74, 6) is 3.79. The molecule has 7 nitrogen and oxygen atoms in total. The first-order valence-corrected chi connectivity index (χ1v) is 12.0. The van der Waals surface area contributed by atoms with Gasteiger partial charge in [-0.15, -0.1) is 24.0 Å². The molecule has 0 amide bonds. The molecule has 0 radical (unpaired) electrons. The van der Waals surface area contributed by atoms with Crippen molar-refractivity contribution in [2.24, 2.45) is 12.0 Å². The molecule has 2 saturated heterocycles. The molecule has 9 heteroatoms. The predicted molar refractivity (Wildman–Crippen MR) is 137 cm³/mol. The van der Waals surface area contributed by atoms with Crippen LogP contribution in [0.25, 0.3) is 0 Å². The van der Waals surface area contributed by atoms with Crippen LogP contribution in [0, 0.1) is 0 Å². The van der Waals surface area contributed by atoms with E-state index in [9.17, 15) is 0 Å². The van der Waals surface area contributed by atoms with Gasteiger partial charge in [-0.1, -0.05) is 13.8 Å². The van der Waals surface area contributed by atoms with Crippen LogP contribution in [0.15, 0.2) is 11.2 Å². The standard InChI is InChI=1S/C21H38N6OS.HI/c1-6-22-20(25(4)13-18-14-26(5)24-19(18)17(2)3)23-15-21(7-12-29-16-21)27-8-10-28-11-9-27;/h14,17H,6-13,15-16H2,1-5H3,(H,22,23);1H. The van der Waals surface area contributed by atoms with E-state index in [2.05, 4.69) is 66.0 Å². The van der Waals surface area contributed by atoms with Crippen LogP contribution < -0.4 is 5.32 Å². The van der Waals surface area contributed by atoms with E-state index >= 15 is 0 Å². The normalized spacial score (nSPS) is 22.9. The Morgan fingerprint density at radius 1 is 1.40 bits per heavy atom. The minimum Gasteiger partial charge on any atom is -0.379 e. The van der Waals surface area contributed by atoms with Gasteiger partial charge in [-0.2, -0.15) is 16.9 Å². The van der Waals surface area contributed by atoms with Crippen molar-refractivity contribution >= 4 is 41.7 Å². The molecule has 2 aliphatic heterocycles. The van der Waals surface area contributed by atoms with Crippen molar-refractivity contribution in [3.05, 3.63) is 17.5 Å². The van der Waals surface area contributed by atoms with Crippen LogP contribution in [0.1, 0.15) is 44.4 Å². The SMILES string of the molecule is CCNC(=NCC1(N2CCOCC2)CCSC1)N(C)Cc1cn(C)nc1C(C)C.I. The highest BCUT2D eigenvalue weighted by atomic mass is 127. The number of rotatable bonds is 7. The van der Waals surface area contributed by atoms with Crippen LogP contribution in [-0.2, 0) is 18.3 Å². The second kappa shape index (κ2) is 11.9. The number of guanidine groups is 1. The summed E-state index contributed by atoms with van der Waals surface area (Å²) >= 11 is 2.06. The lowest BCUT2D eigenvalue weighted by Crippen LogP contribution is -2.56. The molecule has 2 fully saturated rings. The van der Waals surface area contributed by atoms with Gasteiger partial charge in [0.25, 0.3) is 0 Å². The Hall–Kier alpha value is -0.520. The highest BCUT2D eigenvalue weighted by Crippen LogP contribution is 2.34. The summed E-state index contributed by atoms with van der Waals surface area (Å²) in [6.45, 7) is 12.8. The largest absolute Gasteiger partial charge is 0.379 e. The third kappa shape index (κ3) is 6.26. The van der Waals surface area contributed by atoms with Crippen molar-refractivity contribution in [2.75, 3.05) is 57.9 Å². The van der Waals surface area contributed by atoms with Crippen LogP contribution in [0.4, 0.5) is 0 Å². The molecule has 0 aromatic carbocycles. The molecule has 0 saturated carbocycles. The first kappa shape index (κ1) is 25.7. The third-order valence-electron chi connectivity index (χ3n) is 5.88. The molecule has 0 bridgehead atoms. The van der Waals surface area contributed by atoms with Crippen LogP contribution in [0.5, 0.6) is 0 Å². The van der Waals surface area contributed by atoms with E-state index in [1.54, 1.807) is 0 Å². The summed E-state index contributed by atoms with van der Waals surface area (Å²) in [4.78, 5) is 9.99. The smallest absolute Gasteiger partial charge is 0.194 e. The van der Waals surface area contributed by atoms with Gasteiger partial charge in [0.15, 0.2) is 5.96 Å². The van der Waals surface area contributed by atoms with Crippen molar-refractivity contribution in [3.63, 3.8) is 0 Å². The van der Waals surface area contributed by atoms with Gasteiger partial charge in [0.1, 0.15) is 0 Å². The monoisotopic (exact) mass is 550 g/mol. The number of ether oxygens (including phenoxy) is 1. The second-order valence-corrected chi connectivity index (χ2v) is 9.63. The van der Waals surface area contributed by atoms with Crippen molar-refractivity contribution in [1.29, 1.82) is 0 Å². The Labute approximate surface area is 203 Å². The number of hydrogen-bond donors (Lipinski definition) is 1. The molecule has 1 N–H and O–H groups in total. The van der Waals surface area contributed by atoms with Gasteiger partial charge in [-0.3, -0.25) is 14.6 Å². The van der Waals surface area contributed by atoms with Crippen molar-refractivity contribution in [3.8, 4) is 0 Å². The highest BCUT2D eigenvalue weighted by Gasteiger charge is 2.40. The fraction of sp³-hybridized carbons (Fsp3) is 0.810. The molecule has 172 valence electrons. The van der Waals surface area contributed by atoms with E-state index in [-0.39, 0.29) is 29.5 Å². The molecular formula is C21H39IN6OS. The Kier molecular flexibility index (Phi) is 10.2. The summed E-state index contributed by atoms with van der Waals surface area (Å²) in [6, 6.07) is 0. The number of nitrogens with zero attached hydrogens (tertiary/aromatic N) is 5. The van der Waals surface area contributed by atoms with Gasteiger partial charge in [-0.25, -0.2) is 0 Å². The molecule has 3 heterocycles. The Morgan fingerprint density at radius 2 is 2.13 bits per heavy atom. The topological polar surface area (TPSA) is 57.9 Å². The number of hydrogen-bond acceptors (Lipinski definition) is 5. The quantitative estimate of drug-likeness (QED) is 0.320. The number of aromatic nitrogens is 2. The maximum atomic E-state index is 5.59. The summed E-state index contributed by atoms with van der Waals surface area (Å²) in [6.07, 6.45) is 3.35. The summed E-state index contributed by atoms with van der Waals surface area (Å²) < 4.78 is 7.52. The molecule has 1 unspecified atom stereocenters. The summed E-state index contributed by atoms with van der Waals surface area (Å²) in [7, 11) is 4.13. The molecule has 30 heavy (non-hydrogen) atoms. The average Bonchev–Trinajstić information content (AvgIpc) is 3.33. The zero-order valence-electron chi connectivity index (χ0n) is 19.2. The van der Waals surface area contributed by atoms with Gasteiger partial charge in [0, 0.05) is 57.8 Å². The molecule has 1 aromatic rings. The van der Waals surface area contributed by atoms with Gasteiger partial charge >= 0.3 is 0 Å².